The lowest BCUT2D eigenvalue weighted by Crippen LogP contribution is -2.39. The second kappa shape index (κ2) is 5.49. The summed E-state index contributed by atoms with van der Waals surface area (Å²) < 4.78 is 36.0. The number of piperidine rings is 1. The van der Waals surface area contributed by atoms with Crippen molar-refractivity contribution in [1.29, 1.82) is 0 Å². The van der Waals surface area contributed by atoms with Crippen LogP contribution in [0.5, 0.6) is 0 Å². The summed E-state index contributed by atoms with van der Waals surface area (Å²) in [6.07, 6.45) is 1.98. The van der Waals surface area contributed by atoms with Gasteiger partial charge in [-0.2, -0.15) is 0 Å². The van der Waals surface area contributed by atoms with Gasteiger partial charge in [0.1, 0.15) is 10.7 Å². The van der Waals surface area contributed by atoms with Gasteiger partial charge in [0.05, 0.1) is 0 Å². The molecule has 1 aromatic carbocycles. The van der Waals surface area contributed by atoms with Crippen molar-refractivity contribution in [2.75, 3.05) is 13.1 Å². The third-order valence-electron chi connectivity index (χ3n) is 3.43. The van der Waals surface area contributed by atoms with Crippen LogP contribution in [-0.4, -0.2) is 32.3 Å². The molecule has 1 atom stereocenters. The zero-order valence-electron chi connectivity index (χ0n) is 11.2. The maximum atomic E-state index is 13.4. The van der Waals surface area contributed by atoms with Gasteiger partial charge in [-0.3, -0.25) is 4.79 Å². The number of rotatable bonds is 2. The summed E-state index contributed by atoms with van der Waals surface area (Å²) in [5, 5.41) is 4.93. The Bertz CT molecular complexity index is 631. The van der Waals surface area contributed by atoms with E-state index in [1.165, 1.54) is 6.07 Å². The van der Waals surface area contributed by atoms with Crippen molar-refractivity contribution in [3.8, 4) is 0 Å². The highest BCUT2D eigenvalue weighted by atomic mass is 32.2. The third kappa shape index (κ3) is 3.16. The molecule has 2 N–H and O–H groups in total. The van der Waals surface area contributed by atoms with Crippen molar-refractivity contribution in [2.24, 2.45) is 11.1 Å². The molecule has 1 fully saturated rings. The number of hydrogen-bond donors (Lipinski definition) is 1. The SMILES string of the molecule is CC1CCCN(C(=O)c2ccc(F)c(S(N)(=O)=O)c2)C1. The molecule has 0 spiro atoms. The van der Waals surface area contributed by atoms with Gasteiger partial charge in [-0.1, -0.05) is 6.92 Å². The summed E-state index contributed by atoms with van der Waals surface area (Å²) >= 11 is 0. The molecule has 7 heteroatoms. The average molecular weight is 300 g/mol. The lowest BCUT2D eigenvalue weighted by molar-refractivity contribution is 0.0682. The zero-order chi connectivity index (χ0) is 14.9. The van der Waals surface area contributed by atoms with Crippen LogP contribution in [0.15, 0.2) is 23.1 Å². The van der Waals surface area contributed by atoms with Gasteiger partial charge >= 0.3 is 0 Å². The molecule has 0 saturated carbocycles. The van der Waals surface area contributed by atoms with Gasteiger partial charge < -0.3 is 4.90 Å². The number of benzene rings is 1. The number of carbonyl (C=O) groups is 1. The lowest BCUT2D eigenvalue weighted by atomic mass is 9.99. The Morgan fingerprint density at radius 2 is 2.15 bits per heavy atom. The van der Waals surface area contributed by atoms with Gasteiger partial charge in [0, 0.05) is 18.7 Å². The molecule has 5 nitrogen and oxygen atoms in total. The number of nitrogens with two attached hydrogens (primary N) is 1. The molecule has 0 aromatic heterocycles. The summed E-state index contributed by atoms with van der Waals surface area (Å²) in [6.45, 7) is 3.31. The number of likely N-dealkylation sites (tertiary alicyclic amines) is 1. The van der Waals surface area contributed by atoms with Crippen LogP contribution in [0.2, 0.25) is 0 Å². The van der Waals surface area contributed by atoms with E-state index in [9.17, 15) is 17.6 Å². The van der Waals surface area contributed by atoms with E-state index in [0.717, 1.165) is 25.0 Å². The topological polar surface area (TPSA) is 80.5 Å². The first-order valence-corrected chi connectivity index (χ1v) is 7.95. The van der Waals surface area contributed by atoms with Crippen molar-refractivity contribution >= 4 is 15.9 Å². The molecule has 0 aliphatic carbocycles. The Balaban J connectivity index is 2.31. The van der Waals surface area contributed by atoms with Crippen LogP contribution in [0.3, 0.4) is 0 Å². The van der Waals surface area contributed by atoms with Gasteiger partial charge in [-0.15, -0.1) is 0 Å². The summed E-state index contributed by atoms with van der Waals surface area (Å²) in [5.74, 6) is -0.830. The first kappa shape index (κ1) is 14.9. The third-order valence-corrected chi connectivity index (χ3v) is 4.35. The highest BCUT2D eigenvalue weighted by molar-refractivity contribution is 7.89. The van der Waals surface area contributed by atoms with E-state index < -0.39 is 20.7 Å². The minimum absolute atomic E-state index is 0.143. The summed E-state index contributed by atoms with van der Waals surface area (Å²) in [5.41, 5.74) is 0.143. The van der Waals surface area contributed by atoms with Crippen molar-refractivity contribution < 1.29 is 17.6 Å². The van der Waals surface area contributed by atoms with Gasteiger partial charge in [-0.05, 0) is 37.0 Å². The first-order chi connectivity index (χ1) is 9.29. The monoisotopic (exact) mass is 300 g/mol. The molecular weight excluding hydrogens is 283 g/mol. The van der Waals surface area contributed by atoms with Crippen LogP contribution >= 0.6 is 0 Å². The van der Waals surface area contributed by atoms with Crippen molar-refractivity contribution in [3.05, 3.63) is 29.6 Å². The van der Waals surface area contributed by atoms with Crippen molar-refractivity contribution in [2.45, 2.75) is 24.7 Å². The molecule has 1 aliphatic rings. The van der Waals surface area contributed by atoms with E-state index >= 15 is 0 Å². The molecule has 1 aromatic rings. The number of carbonyl (C=O) groups excluding carboxylic acids is 1. The van der Waals surface area contributed by atoms with Crippen LogP contribution in [-0.2, 0) is 10.0 Å². The number of hydrogen-bond acceptors (Lipinski definition) is 3. The van der Waals surface area contributed by atoms with E-state index in [1.54, 1.807) is 4.90 Å². The molecule has 1 saturated heterocycles. The lowest BCUT2D eigenvalue weighted by Gasteiger charge is -2.31. The Kier molecular flexibility index (Phi) is 4.10. The maximum Gasteiger partial charge on any atom is 0.253 e. The minimum atomic E-state index is -4.18. The quantitative estimate of drug-likeness (QED) is 0.895. The van der Waals surface area contributed by atoms with E-state index in [0.29, 0.717) is 19.0 Å². The predicted molar refractivity (Wildman–Crippen MR) is 72.1 cm³/mol. The Hall–Kier alpha value is -1.47. The molecule has 1 amide bonds. The zero-order valence-corrected chi connectivity index (χ0v) is 12.0. The molecule has 20 heavy (non-hydrogen) atoms. The molecule has 1 heterocycles. The van der Waals surface area contributed by atoms with Crippen LogP contribution in [0, 0.1) is 11.7 Å². The number of amides is 1. The number of nitrogens with zero attached hydrogens (tertiary/aromatic N) is 1. The molecule has 2 rings (SSSR count). The van der Waals surface area contributed by atoms with Gasteiger partial charge in [0.2, 0.25) is 10.0 Å². The molecule has 0 radical (unpaired) electrons. The molecule has 1 aliphatic heterocycles. The summed E-state index contributed by atoms with van der Waals surface area (Å²) in [4.78, 5) is 13.3. The van der Waals surface area contributed by atoms with Crippen LogP contribution in [0.25, 0.3) is 0 Å². The fraction of sp³-hybridized carbons (Fsp3) is 0.462. The van der Waals surface area contributed by atoms with Crippen molar-refractivity contribution in [1.82, 2.24) is 4.90 Å². The van der Waals surface area contributed by atoms with Gasteiger partial charge in [-0.25, -0.2) is 17.9 Å². The maximum absolute atomic E-state index is 13.4. The Morgan fingerprint density at radius 3 is 2.75 bits per heavy atom. The van der Waals surface area contributed by atoms with Crippen molar-refractivity contribution in [3.63, 3.8) is 0 Å². The summed E-state index contributed by atoms with van der Waals surface area (Å²) in [6, 6.07) is 3.25. The fourth-order valence-electron chi connectivity index (χ4n) is 2.41. The number of halogens is 1. The van der Waals surface area contributed by atoms with Gasteiger partial charge in [0.15, 0.2) is 0 Å². The molecular formula is C13H17FN2O3S. The number of primary sulfonamides is 1. The van der Waals surface area contributed by atoms with E-state index in [-0.39, 0.29) is 11.5 Å². The van der Waals surface area contributed by atoms with Crippen LogP contribution in [0.4, 0.5) is 4.39 Å². The van der Waals surface area contributed by atoms with E-state index in [1.807, 2.05) is 0 Å². The van der Waals surface area contributed by atoms with Crippen LogP contribution in [0.1, 0.15) is 30.1 Å². The largest absolute Gasteiger partial charge is 0.338 e. The van der Waals surface area contributed by atoms with Gasteiger partial charge in [0.25, 0.3) is 5.91 Å². The van der Waals surface area contributed by atoms with E-state index in [2.05, 4.69) is 6.92 Å². The summed E-state index contributed by atoms with van der Waals surface area (Å²) in [7, 11) is -4.18. The highest BCUT2D eigenvalue weighted by Gasteiger charge is 2.24. The Labute approximate surface area is 117 Å². The normalized spacial score (nSPS) is 19.9. The minimum Gasteiger partial charge on any atom is -0.338 e. The number of sulfonamides is 1. The molecule has 0 bridgehead atoms. The Morgan fingerprint density at radius 1 is 1.45 bits per heavy atom. The highest BCUT2D eigenvalue weighted by Crippen LogP contribution is 2.20. The fourth-order valence-corrected chi connectivity index (χ4v) is 3.04. The molecule has 110 valence electrons. The van der Waals surface area contributed by atoms with E-state index in [4.69, 9.17) is 5.14 Å². The second-order valence-corrected chi connectivity index (χ2v) is 6.72. The first-order valence-electron chi connectivity index (χ1n) is 6.40. The van der Waals surface area contributed by atoms with Crippen LogP contribution < -0.4 is 5.14 Å². The average Bonchev–Trinajstić information content (AvgIpc) is 2.37. The standard InChI is InChI=1S/C13H17FN2O3S/c1-9-3-2-6-16(8-9)13(17)10-4-5-11(14)12(7-10)20(15,18)19/h4-5,7,9H,2-3,6,8H2,1H3,(H2,15,18,19). The smallest absolute Gasteiger partial charge is 0.253 e. The predicted octanol–water partition coefficient (Wildman–Crippen LogP) is 1.35. The molecule has 1 unspecified atom stereocenters. The second-order valence-electron chi connectivity index (χ2n) is 5.19.